The molecule has 2 fully saturated rings. The lowest BCUT2D eigenvalue weighted by molar-refractivity contribution is -0.146. The highest BCUT2D eigenvalue weighted by molar-refractivity contribution is 5.86. The summed E-state index contributed by atoms with van der Waals surface area (Å²) in [6.07, 6.45) is 2.89. The second-order valence-electron chi connectivity index (χ2n) is 5.09. The molecule has 0 aliphatic heterocycles. The van der Waals surface area contributed by atoms with Gasteiger partial charge in [0.2, 0.25) is 5.91 Å². The molecule has 5 heteroatoms. The van der Waals surface area contributed by atoms with Crippen molar-refractivity contribution in [1.29, 1.82) is 0 Å². The molecule has 0 bridgehead atoms. The minimum absolute atomic E-state index is 0.0415. The third kappa shape index (κ3) is 2.60. The predicted molar refractivity (Wildman–Crippen MR) is 60.5 cm³/mol. The molecule has 0 radical (unpaired) electrons. The molecule has 0 unspecified atom stereocenters. The number of carboxylic acid groups (broad SMARTS) is 1. The van der Waals surface area contributed by atoms with Gasteiger partial charge in [-0.3, -0.25) is 9.59 Å². The van der Waals surface area contributed by atoms with E-state index in [2.05, 4.69) is 5.32 Å². The molecule has 2 aliphatic rings. The Balaban J connectivity index is 1.73. The van der Waals surface area contributed by atoms with Gasteiger partial charge in [-0.2, -0.15) is 0 Å². The molecule has 17 heavy (non-hydrogen) atoms. The molecule has 2 saturated carbocycles. The van der Waals surface area contributed by atoms with Crippen molar-refractivity contribution in [3.63, 3.8) is 0 Å². The molecule has 0 spiro atoms. The molecule has 0 aromatic carbocycles. The number of carbonyl (C=O) groups excluding carboxylic acids is 1. The third-order valence-corrected chi connectivity index (χ3v) is 3.74. The van der Waals surface area contributed by atoms with Gasteiger partial charge in [-0.1, -0.05) is 0 Å². The molecule has 5 nitrogen and oxygen atoms in total. The van der Waals surface area contributed by atoms with Crippen LogP contribution in [0.4, 0.5) is 0 Å². The van der Waals surface area contributed by atoms with Crippen LogP contribution in [0.1, 0.15) is 32.6 Å². The first-order valence-electron chi connectivity index (χ1n) is 6.19. The van der Waals surface area contributed by atoms with Gasteiger partial charge in [0.05, 0.1) is 17.9 Å². The summed E-state index contributed by atoms with van der Waals surface area (Å²) in [4.78, 5) is 22.6. The topological polar surface area (TPSA) is 75.6 Å². The van der Waals surface area contributed by atoms with Gasteiger partial charge in [0.25, 0.3) is 0 Å². The zero-order valence-corrected chi connectivity index (χ0v) is 10.1. The summed E-state index contributed by atoms with van der Waals surface area (Å²) < 4.78 is 5.32. The predicted octanol–water partition coefficient (Wildman–Crippen LogP) is 0.782. The van der Waals surface area contributed by atoms with Crippen molar-refractivity contribution in [2.75, 3.05) is 13.2 Å². The number of nitrogens with one attached hydrogen (secondary N) is 1. The fourth-order valence-electron chi connectivity index (χ4n) is 2.16. The van der Waals surface area contributed by atoms with Gasteiger partial charge in [-0.25, -0.2) is 0 Å². The number of carbonyl (C=O) groups is 2. The highest BCUT2D eigenvalue weighted by Crippen LogP contribution is 2.46. The first-order chi connectivity index (χ1) is 8.07. The van der Waals surface area contributed by atoms with Crippen LogP contribution in [-0.4, -0.2) is 36.2 Å². The zero-order valence-electron chi connectivity index (χ0n) is 10.1. The number of hydrogen-bond acceptors (Lipinski definition) is 3. The molecular weight excluding hydrogens is 222 g/mol. The Morgan fingerprint density at radius 3 is 2.53 bits per heavy atom. The maximum Gasteiger partial charge on any atom is 0.306 e. The Morgan fingerprint density at radius 1 is 1.41 bits per heavy atom. The summed E-state index contributed by atoms with van der Waals surface area (Å²) in [5, 5.41) is 11.7. The lowest BCUT2D eigenvalue weighted by Gasteiger charge is -2.34. The Bertz CT molecular complexity index is 318. The van der Waals surface area contributed by atoms with Crippen LogP contribution in [-0.2, 0) is 14.3 Å². The van der Waals surface area contributed by atoms with Crippen LogP contribution in [0.25, 0.3) is 0 Å². The highest BCUT2D eigenvalue weighted by atomic mass is 16.5. The summed E-state index contributed by atoms with van der Waals surface area (Å²) in [6, 6.07) is 0.0442. The van der Waals surface area contributed by atoms with Gasteiger partial charge in [-0.05, 0) is 32.6 Å². The maximum absolute atomic E-state index is 12.0. The SMILES string of the molecule is CCOCC1(C(=O)NC2CC(C(=O)O)C2)CC1. The van der Waals surface area contributed by atoms with Crippen LogP contribution in [0.3, 0.4) is 0 Å². The number of rotatable bonds is 6. The quantitative estimate of drug-likeness (QED) is 0.720. The standard InChI is InChI=1S/C12H19NO4/c1-2-17-7-12(3-4-12)11(16)13-9-5-8(6-9)10(14)15/h8-9H,2-7H2,1H3,(H,13,16)(H,14,15). The highest BCUT2D eigenvalue weighted by Gasteiger charge is 2.51. The van der Waals surface area contributed by atoms with Gasteiger partial charge >= 0.3 is 5.97 Å². The van der Waals surface area contributed by atoms with Crippen LogP contribution >= 0.6 is 0 Å². The molecular formula is C12H19NO4. The summed E-state index contributed by atoms with van der Waals surface area (Å²) in [5.41, 5.74) is -0.315. The van der Waals surface area contributed by atoms with Crippen LogP contribution in [0, 0.1) is 11.3 Å². The molecule has 0 saturated heterocycles. The second kappa shape index (κ2) is 4.64. The lowest BCUT2D eigenvalue weighted by atomic mass is 9.80. The Morgan fingerprint density at radius 2 is 2.06 bits per heavy atom. The van der Waals surface area contributed by atoms with Gasteiger partial charge in [0, 0.05) is 12.6 Å². The van der Waals surface area contributed by atoms with E-state index >= 15 is 0 Å². The fraction of sp³-hybridized carbons (Fsp3) is 0.833. The first kappa shape index (κ1) is 12.4. The third-order valence-electron chi connectivity index (χ3n) is 3.74. The van der Waals surface area contributed by atoms with E-state index in [1.807, 2.05) is 6.92 Å². The number of amides is 1. The summed E-state index contributed by atoms with van der Waals surface area (Å²) in [6.45, 7) is 3.03. The van der Waals surface area contributed by atoms with Crippen molar-refractivity contribution >= 4 is 11.9 Å². The molecule has 1 amide bonds. The number of aliphatic carboxylic acids is 1. The molecule has 0 heterocycles. The molecule has 0 atom stereocenters. The average molecular weight is 241 g/mol. The van der Waals surface area contributed by atoms with E-state index in [1.165, 1.54) is 0 Å². The van der Waals surface area contributed by atoms with E-state index in [0.717, 1.165) is 12.8 Å². The van der Waals surface area contributed by atoms with Crippen molar-refractivity contribution in [3.05, 3.63) is 0 Å². The van der Waals surface area contributed by atoms with Crippen LogP contribution in [0.15, 0.2) is 0 Å². The van der Waals surface area contributed by atoms with Gasteiger partial charge in [0.15, 0.2) is 0 Å². The number of hydrogen-bond donors (Lipinski definition) is 2. The van der Waals surface area contributed by atoms with E-state index in [1.54, 1.807) is 0 Å². The second-order valence-corrected chi connectivity index (χ2v) is 5.09. The van der Waals surface area contributed by atoms with E-state index < -0.39 is 5.97 Å². The van der Waals surface area contributed by atoms with Gasteiger partial charge in [0.1, 0.15) is 0 Å². The van der Waals surface area contributed by atoms with Crippen LogP contribution in [0.2, 0.25) is 0 Å². The minimum Gasteiger partial charge on any atom is -0.481 e. The maximum atomic E-state index is 12.0. The molecule has 0 aromatic rings. The van der Waals surface area contributed by atoms with Crippen molar-refractivity contribution in [2.24, 2.45) is 11.3 Å². The smallest absolute Gasteiger partial charge is 0.306 e. The molecule has 2 rings (SSSR count). The fourth-order valence-corrected chi connectivity index (χ4v) is 2.16. The Kier molecular flexibility index (Phi) is 3.38. The molecule has 0 aromatic heterocycles. The largest absolute Gasteiger partial charge is 0.481 e. The van der Waals surface area contributed by atoms with Crippen molar-refractivity contribution in [2.45, 2.75) is 38.6 Å². The number of ether oxygens (including phenoxy) is 1. The van der Waals surface area contributed by atoms with Crippen molar-refractivity contribution in [3.8, 4) is 0 Å². The Labute approximate surface area is 101 Å². The molecule has 2 aliphatic carbocycles. The van der Waals surface area contributed by atoms with E-state index in [4.69, 9.17) is 9.84 Å². The van der Waals surface area contributed by atoms with Gasteiger partial charge in [-0.15, -0.1) is 0 Å². The lowest BCUT2D eigenvalue weighted by Crippen LogP contribution is -2.49. The Hall–Kier alpha value is -1.10. The molecule has 2 N–H and O–H groups in total. The zero-order chi connectivity index (χ0) is 12.5. The van der Waals surface area contributed by atoms with E-state index in [0.29, 0.717) is 26.1 Å². The summed E-state index contributed by atoms with van der Waals surface area (Å²) in [5.74, 6) is -0.993. The van der Waals surface area contributed by atoms with E-state index in [-0.39, 0.29) is 23.3 Å². The average Bonchev–Trinajstić information content (AvgIpc) is 3.00. The minimum atomic E-state index is -0.758. The summed E-state index contributed by atoms with van der Waals surface area (Å²) in [7, 11) is 0. The monoisotopic (exact) mass is 241 g/mol. The van der Waals surface area contributed by atoms with Gasteiger partial charge < -0.3 is 15.2 Å². The normalized spacial score (nSPS) is 29.2. The van der Waals surface area contributed by atoms with Crippen LogP contribution in [0.5, 0.6) is 0 Å². The number of carboxylic acids is 1. The van der Waals surface area contributed by atoms with E-state index in [9.17, 15) is 9.59 Å². The van der Waals surface area contributed by atoms with Crippen molar-refractivity contribution < 1.29 is 19.4 Å². The van der Waals surface area contributed by atoms with Crippen LogP contribution < -0.4 is 5.32 Å². The summed E-state index contributed by atoms with van der Waals surface area (Å²) >= 11 is 0. The first-order valence-corrected chi connectivity index (χ1v) is 6.19. The van der Waals surface area contributed by atoms with Crippen molar-refractivity contribution in [1.82, 2.24) is 5.32 Å². The molecule has 96 valence electrons.